The van der Waals surface area contributed by atoms with Crippen molar-refractivity contribution in [3.05, 3.63) is 187 Å². The summed E-state index contributed by atoms with van der Waals surface area (Å²) in [6, 6.07) is 63.9. The highest BCUT2D eigenvalue weighted by molar-refractivity contribution is 6.38. The Morgan fingerprint density at radius 3 is 1.80 bits per heavy atom. The molecule has 0 fully saturated rings. The van der Waals surface area contributed by atoms with E-state index in [0.29, 0.717) is 6.42 Å². The monoisotopic (exact) mass is 688 g/mol. The molecule has 12 rings (SSSR count). The zero-order valence-corrected chi connectivity index (χ0v) is 29.3. The second kappa shape index (κ2) is 11.3. The average molecular weight is 689 g/mol. The summed E-state index contributed by atoms with van der Waals surface area (Å²) < 4.78 is 9.04. The summed E-state index contributed by atoms with van der Waals surface area (Å²) in [6.07, 6.45) is 0.712. The van der Waals surface area contributed by atoms with E-state index in [1.165, 1.54) is 70.6 Å². The van der Waals surface area contributed by atoms with E-state index in [0.717, 1.165) is 39.3 Å². The lowest BCUT2D eigenvalue weighted by molar-refractivity contribution is 0.536. The number of hydrogen-bond acceptors (Lipinski definition) is 2. The Bertz CT molecular complexity index is 3310. The molecule has 0 spiro atoms. The Morgan fingerprint density at radius 2 is 1.02 bits per heavy atom. The second-order valence-electron chi connectivity index (χ2n) is 14.6. The van der Waals surface area contributed by atoms with Gasteiger partial charge in [-0.25, -0.2) is 4.99 Å². The molecule has 252 valence electrons. The third-order valence-electron chi connectivity index (χ3n) is 11.7. The third-order valence-corrected chi connectivity index (χ3v) is 11.7. The van der Waals surface area contributed by atoms with Gasteiger partial charge < -0.3 is 4.42 Å². The first kappa shape index (κ1) is 29.6. The van der Waals surface area contributed by atoms with Gasteiger partial charge in [0.05, 0.1) is 11.0 Å². The molecule has 3 nitrogen and oxygen atoms in total. The van der Waals surface area contributed by atoms with Gasteiger partial charge in [-0.15, -0.1) is 0 Å². The fourth-order valence-electron chi connectivity index (χ4n) is 9.33. The van der Waals surface area contributed by atoms with E-state index in [2.05, 4.69) is 174 Å². The summed E-state index contributed by atoms with van der Waals surface area (Å²) in [5, 5.41) is 13.7. The Balaban J connectivity index is 1.22. The quantitative estimate of drug-likeness (QED) is 0.166. The van der Waals surface area contributed by atoms with Crippen LogP contribution in [0.15, 0.2) is 185 Å². The third kappa shape index (κ3) is 4.15. The summed E-state index contributed by atoms with van der Waals surface area (Å²) in [6.45, 7) is 0. The Kier molecular flexibility index (Phi) is 6.17. The van der Waals surface area contributed by atoms with Gasteiger partial charge in [-0.3, -0.25) is 4.57 Å². The van der Waals surface area contributed by atoms with Crippen LogP contribution in [0.4, 0.5) is 5.69 Å². The molecule has 1 aliphatic heterocycles. The lowest BCUT2D eigenvalue weighted by Gasteiger charge is -2.25. The minimum atomic E-state index is -0.0443. The first-order valence-electron chi connectivity index (χ1n) is 18.7. The molecular formula is C51H32N2O. The zero-order valence-electron chi connectivity index (χ0n) is 29.3. The van der Waals surface area contributed by atoms with Crippen LogP contribution >= 0.6 is 0 Å². The van der Waals surface area contributed by atoms with Gasteiger partial charge >= 0.3 is 0 Å². The van der Waals surface area contributed by atoms with Gasteiger partial charge in [0.1, 0.15) is 22.9 Å². The van der Waals surface area contributed by atoms with Gasteiger partial charge in [0, 0.05) is 33.9 Å². The first-order chi connectivity index (χ1) is 26.8. The highest BCUT2D eigenvalue weighted by Gasteiger charge is 2.33. The van der Waals surface area contributed by atoms with Crippen LogP contribution in [0, 0.1) is 0 Å². The highest BCUT2D eigenvalue weighted by Crippen LogP contribution is 2.47. The van der Waals surface area contributed by atoms with Crippen molar-refractivity contribution in [2.75, 3.05) is 0 Å². The molecule has 0 bridgehead atoms. The van der Waals surface area contributed by atoms with E-state index >= 15 is 0 Å². The van der Waals surface area contributed by atoms with E-state index in [9.17, 15) is 0 Å². The van der Waals surface area contributed by atoms with Crippen LogP contribution < -0.4 is 0 Å². The van der Waals surface area contributed by atoms with Crippen molar-refractivity contribution in [3.8, 4) is 11.1 Å². The number of benzene rings is 9. The Morgan fingerprint density at radius 1 is 0.444 bits per heavy atom. The lowest BCUT2D eigenvalue weighted by Crippen LogP contribution is -2.25. The van der Waals surface area contributed by atoms with Crippen LogP contribution in [0.3, 0.4) is 0 Å². The summed E-state index contributed by atoms with van der Waals surface area (Å²) in [4.78, 5) is 5.67. The molecule has 3 heterocycles. The van der Waals surface area contributed by atoms with Crippen LogP contribution in [0.25, 0.3) is 87.0 Å². The normalized spacial score (nSPS) is 14.5. The maximum absolute atomic E-state index is 6.56. The molecule has 0 aliphatic carbocycles. The van der Waals surface area contributed by atoms with Gasteiger partial charge in [0.25, 0.3) is 0 Å². The number of para-hydroxylation sites is 1. The molecule has 1 atom stereocenters. The molecule has 54 heavy (non-hydrogen) atoms. The number of nitrogens with zero attached hydrogens (tertiary/aromatic N) is 2. The number of hydrogen-bond donors (Lipinski definition) is 0. The van der Waals surface area contributed by atoms with Crippen LogP contribution in [-0.2, 0) is 6.42 Å². The number of aromatic nitrogens is 1. The van der Waals surface area contributed by atoms with Crippen molar-refractivity contribution in [1.82, 2.24) is 4.57 Å². The van der Waals surface area contributed by atoms with Crippen molar-refractivity contribution in [2.24, 2.45) is 4.99 Å². The van der Waals surface area contributed by atoms with E-state index in [1.54, 1.807) is 0 Å². The lowest BCUT2D eigenvalue weighted by atomic mass is 9.89. The van der Waals surface area contributed by atoms with E-state index in [-0.39, 0.29) is 5.92 Å². The van der Waals surface area contributed by atoms with Gasteiger partial charge in [-0.1, -0.05) is 152 Å². The molecule has 0 radical (unpaired) electrons. The number of fused-ring (bicyclic) bond motifs is 15. The molecule has 0 saturated heterocycles. The highest BCUT2D eigenvalue weighted by atomic mass is 16.3. The maximum atomic E-state index is 6.56. The van der Waals surface area contributed by atoms with Crippen molar-refractivity contribution in [3.63, 3.8) is 0 Å². The molecule has 0 saturated carbocycles. The largest absolute Gasteiger partial charge is 0.459 e. The molecule has 0 N–H and O–H groups in total. The topological polar surface area (TPSA) is 30.4 Å². The molecule has 3 heteroatoms. The first-order valence-corrected chi connectivity index (χ1v) is 18.7. The predicted octanol–water partition coefficient (Wildman–Crippen LogP) is 13.7. The number of aliphatic imine (C=N–C) groups is 1. The fourth-order valence-corrected chi connectivity index (χ4v) is 9.33. The van der Waals surface area contributed by atoms with Crippen LogP contribution in [0.5, 0.6) is 0 Å². The van der Waals surface area contributed by atoms with Gasteiger partial charge in [-0.05, 0) is 78.7 Å². The number of furan rings is 1. The molecule has 1 aliphatic rings. The van der Waals surface area contributed by atoms with Gasteiger partial charge in [-0.2, -0.15) is 0 Å². The second-order valence-corrected chi connectivity index (χ2v) is 14.6. The average Bonchev–Trinajstić information content (AvgIpc) is 3.79. The Labute approximate surface area is 311 Å². The smallest absolute Gasteiger partial charge is 0.136 e. The SMILES string of the molecule is c1ccc(-c2ccc([C@H]3Cc4oc5ccccc5c4N=C3n3c4ccc5ccccc5c4c4c5c6ccccc6c6ccccc6c5ccc43)cc2)cc1. The van der Waals surface area contributed by atoms with Crippen molar-refractivity contribution < 1.29 is 4.42 Å². The fraction of sp³-hybridized carbons (Fsp3) is 0.0392. The van der Waals surface area contributed by atoms with E-state index in [1.807, 2.05) is 6.07 Å². The summed E-state index contributed by atoms with van der Waals surface area (Å²) >= 11 is 0. The molecule has 0 amide bonds. The number of rotatable bonds is 2. The summed E-state index contributed by atoms with van der Waals surface area (Å²) in [7, 11) is 0. The summed E-state index contributed by atoms with van der Waals surface area (Å²) in [5.41, 5.74) is 7.76. The summed E-state index contributed by atoms with van der Waals surface area (Å²) in [5.74, 6) is 1.91. The maximum Gasteiger partial charge on any atom is 0.136 e. The van der Waals surface area contributed by atoms with Gasteiger partial charge in [0.15, 0.2) is 0 Å². The van der Waals surface area contributed by atoms with Crippen LogP contribution in [0.1, 0.15) is 17.2 Å². The molecular weight excluding hydrogens is 657 g/mol. The minimum Gasteiger partial charge on any atom is -0.459 e. The standard InChI is InChI=1S/C51H32N2O/c1-2-12-31(13-3-1)32-22-24-34(25-23-32)42-30-46-50(41-20-10-11-21-45(41)54-46)52-51(42)53-43-28-26-33-14-4-5-15-35(33)48(43)49-44(53)29-27-40-38-18-7-6-16-36(38)37-17-8-9-19-39(37)47(40)49/h1-29,42H,30H2/t42-/m1/s1. The van der Waals surface area contributed by atoms with Crippen molar-refractivity contribution in [2.45, 2.75) is 12.3 Å². The minimum absolute atomic E-state index is 0.0443. The molecule has 0 unspecified atom stereocenters. The van der Waals surface area contributed by atoms with Crippen LogP contribution in [-0.4, -0.2) is 10.4 Å². The predicted molar refractivity (Wildman–Crippen MR) is 226 cm³/mol. The molecule has 9 aromatic carbocycles. The van der Waals surface area contributed by atoms with E-state index < -0.39 is 0 Å². The zero-order chi connectivity index (χ0) is 35.3. The van der Waals surface area contributed by atoms with Crippen molar-refractivity contribution in [1.29, 1.82) is 0 Å². The molecule has 11 aromatic rings. The Hall–Kier alpha value is -6.97. The van der Waals surface area contributed by atoms with Crippen LogP contribution in [0.2, 0.25) is 0 Å². The molecule has 2 aromatic heterocycles. The van der Waals surface area contributed by atoms with E-state index in [4.69, 9.17) is 9.41 Å². The van der Waals surface area contributed by atoms with Crippen molar-refractivity contribution >= 4 is 87.4 Å². The van der Waals surface area contributed by atoms with Gasteiger partial charge in [0.2, 0.25) is 0 Å².